The summed E-state index contributed by atoms with van der Waals surface area (Å²) in [7, 11) is 0. The van der Waals surface area contributed by atoms with E-state index in [1.807, 2.05) is 12.1 Å². The predicted molar refractivity (Wildman–Crippen MR) is 70.8 cm³/mol. The van der Waals surface area contributed by atoms with Crippen molar-refractivity contribution in [3.8, 4) is 0 Å². The summed E-state index contributed by atoms with van der Waals surface area (Å²) in [5, 5.41) is 0.858. The van der Waals surface area contributed by atoms with E-state index in [9.17, 15) is 0 Å². The monoisotopic (exact) mass is 245 g/mol. The maximum atomic E-state index is 5.98. The van der Waals surface area contributed by atoms with Gasteiger partial charge >= 0.3 is 0 Å². The average Bonchev–Trinajstić information content (AvgIpc) is 3.02. The van der Waals surface area contributed by atoms with Gasteiger partial charge in [-0.2, -0.15) is 0 Å². The van der Waals surface area contributed by atoms with E-state index in [0.29, 0.717) is 0 Å². The molecule has 0 saturated heterocycles. The quantitative estimate of drug-likeness (QED) is 0.628. The van der Waals surface area contributed by atoms with Gasteiger partial charge in [0.05, 0.1) is 5.02 Å². The van der Waals surface area contributed by atoms with E-state index in [1.54, 1.807) is 5.92 Å². The third-order valence-electron chi connectivity index (χ3n) is 5.45. The normalized spacial score (nSPS) is 38.8. The van der Waals surface area contributed by atoms with Crippen LogP contribution < -0.4 is 0 Å². The van der Waals surface area contributed by atoms with Gasteiger partial charge in [0.15, 0.2) is 0 Å². The molecular formula is C16H18Cl+. The lowest BCUT2D eigenvalue weighted by Gasteiger charge is -2.27. The summed E-state index contributed by atoms with van der Waals surface area (Å²) >= 11 is 5.98. The minimum atomic E-state index is 0.858. The summed E-state index contributed by atoms with van der Waals surface area (Å²) in [5.41, 5.74) is 1.47. The van der Waals surface area contributed by atoms with Gasteiger partial charge in [-0.05, 0) is 37.0 Å². The van der Waals surface area contributed by atoms with E-state index >= 15 is 0 Å². The highest BCUT2D eigenvalue weighted by Crippen LogP contribution is 2.63. The Morgan fingerprint density at radius 2 is 1.82 bits per heavy atom. The van der Waals surface area contributed by atoms with Crippen LogP contribution in [0.25, 0.3) is 0 Å². The largest absolute Gasteiger partial charge is 0.133 e. The first-order valence-electron chi connectivity index (χ1n) is 6.94. The lowest BCUT2D eigenvalue weighted by molar-refractivity contribution is 0.285. The van der Waals surface area contributed by atoms with Crippen LogP contribution in [0.2, 0.25) is 5.02 Å². The molecule has 3 aliphatic carbocycles. The van der Waals surface area contributed by atoms with Crippen LogP contribution in [-0.4, -0.2) is 0 Å². The van der Waals surface area contributed by atoms with Crippen LogP contribution in [0.5, 0.6) is 0 Å². The van der Waals surface area contributed by atoms with Crippen molar-refractivity contribution in [2.45, 2.75) is 32.1 Å². The SMILES string of the molecule is Clc1ccc([C+]2C[C@@H]3C[C@H]2[C@H]2CCC[C@@H]32)cc1. The maximum absolute atomic E-state index is 5.98. The summed E-state index contributed by atoms with van der Waals surface area (Å²) in [6.45, 7) is 0. The molecule has 3 fully saturated rings. The van der Waals surface area contributed by atoms with E-state index < -0.39 is 0 Å². The number of hydrogen-bond acceptors (Lipinski definition) is 0. The first-order chi connectivity index (χ1) is 8.33. The van der Waals surface area contributed by atoms with Crippen LogP contribution in [-0.2, 0) is 0 Å². The molecule has 0 N–H and O–H groups in total. The molecule has 1 aromatic carbocycles. The molecule has 0 nitrogen and oxygen atoms in total. The molecule has 0 aromatic heterocycles. The Morgan fingerprint density at radius 1 is 1.06 bits per heavy atom. The second-order valence-corrected chi connectivity index (χ2v) is 6.53. The Morgan fingerprint density at radius 3 is 2.65 bits per heavy atom. The van der Waals surface area contributed by atoms with E-state index in [0.717, 1.165) is 28.7 Å². The zero-order valence-electron chi connectivity index (χ0n) is 10.0. The fourth-order valence-corrected chi connectivity index (χ4v) is 4.97. The van der Waals surface area contributed by atoms with Crippen molar-refractivity contribution < 1.29 is 0 Å². The summed E-state index contributed by atoms with van der Waals surface area (Å²) in [5.74, 6) is 5.78. The summed E-state index contributed by atoms with van der Waals surface area (Å²) < 4.78 is 0. The Kier molecular flexibility index (Phi) is 2.24. The number of hydrogen-bond donors (Lipinski definition) is 0. The highest BCUT2D eigenvalue weighted by atomic mass is 35.5. The van der Waals surface area contributed by atoms with E-state index in [1.165, 1.54) is 37.7 Å². The van der Waals surface area contributed by atoms with Gasteiger partial charge in [0, 0.05) is 42.5 Å². The molecule has 0 unspecified atom stereocenters. The van der Waals surface area contributed by atoms with Crippen LogP contribution in [0.4, 0.5) is 0 Å². The van der Waals surface area contributed by atoms with E-state index in [-0.39, 0.29) is 0 Å². The molecule has 3 aliphatic rings. The molecule has 0 amide bonds. The fraction of sp³-hybridized carbons (Fsp3) is 0.562. The van der Waals surface area contributed by atoms with Gasteiger partial charge in [-0.1, -0.05) is 18.0 Å². The van der Waals surface area contributed by atoms with Crippen molar-refractivity contribution >= 4 is 11.6 Å². The lowest BCUT2D eigenvalue weighted by Crippen LogP contribution is -2.23. The zero-order chi connectivity index (χ0) is 11.4. The predicted octanol–water partition coefficient (Wildman–Crippen LogP) is 4.72. The molecule has 4 rings (SSSR count). The van der Waals surface area contributed by atoms with Crippen LogP contribution >= 0.6 is 11.6 Å². The molecule has 1 aromatic rings. The molecule has 17 heavy (non-hydrogen) atoms. The highest BCUT2D eigenvalue weighted by Gasteiger charge is 2.57. The molecule has 88 valence electrons. The molecule has 0 aliphatic heterocycles. The number of halogens is 1. The third-order valence-corrected chi connectivity index (χ3v) is 5.70. The van der Waals surface area contributed by atoms with Gasteiger partial charge in [-0.15, -0.1) is 0 Å². The van der Waals surface area contributed by atoms with Gasteiger partial charge in [0.1, 0.15) is 5.56 Å². The Labute approximate surface area is 108 Å². The van der Waals surface area contributed by atoms with Gasteiger partial charge < -0.3 is 0 Å². The summed E-state index contributed by atoms with van der Waals surface area (Å²) in [4.78, 5) is 0. The van der Waals surface area contributed by atoms with Crippen LogP contribution in [0.3, 0.4) is 0 Å². The number of benzene rings is 1. The van der Waals surface area contributed by atoms with Crippen molar-refractivity contribution in [1.82, 2.24) is 0 Å². The maximum Gasteiger partial charge on any atom is 0.133 e. The van der Waals surface area contributed by atoms with Gasteiger partial charge in [0.2, 0.25) is 0 Å². The minimum absolute atomic E-state index is 0.858. The smallest absolute Gasteiger partial charge is 0.0818 e. The zero-order valence-corrected chi connectivity index (χ0v) is 10.8. The Hall–Kier alpha value is -0.620. The first-order valence-corrected chi connectivity index (χ1v) is 7.32. The van der Waals surface area contributed by atoms with Crippen molar-refractivity contribution in [3.05, 3.63) is 40.8 Å². The third kappa shape index (κ3) is 1.46. The van der Waals surface area contributed by atoms with Gasteiger partial charge in [-0.3, -0.25) is 0 Å². The van der Waals surface area contributed by atoms with Crippen molar-refractivity contribution in [2.24, 2.45) is 23.7 Å². The van der Waals surface area contributed by atoms with Crippen LogP contribution in [0.1, 0.15) is 37.7 Å². The molecule has 2 bridgehead atoms. The molecular weight excluding hydrogens is 228 g/mol. The van der Waals surface area contributed by atoms with E-state index in [4.69, 9.17) is 11.6 Å². The van der Waals surface area contributed by atoms with Crippen LogP contribution in [0.15, 0.2) is 24.3 Å². The average molecular weight is 246 g/mol. The summed E-state index contributed by atoms with van der Waals surface area (Å²) in [6, 6.07) is 8.54. The Balaban J connectivity index is 1.63. The molecule has 1 heteroatoms. The second kappa shape index (κ2) is 3.68. The highest BCUT2D eigenvalue weighted by molar-refractivity contribution is 6.30. The molecule has 4 atom stereocenters. The van der Waals surface area contributed by atoms with Gasteiger partial charge in [0.25, 0.3) is 0 Å². The molecule has 0 heterocycles. The number of fused-ring (bicyclic) bond motifs is 5. The van der Waals surface area contributed by atoms with Crippen molar-refractivity contribution in [2.75, 3.05) is 0 Å². The first kappa shape index (κ1) is 10.3. The van der Waals surface area contributed by atoms with E-state index in [2.05, 4.69) is 12.1 Å². The summed E-state index contributed by atoms with van der Waals surface area (Å²) in [6.07, 6.45) is 7.33. The van der Waals surface area contributed by atoms with Crippen molar-refractivity contribution in [3.63, 3.8) is 0 Å². The minimum Gasteiger partial charge on any atom is -0.0818 e. The second-order valence-electron chi connectivity index (χ2n) is 6.10. The number of rotatable bonds is 1. The molecule has 0 spiro atoms. The topological polar surface area (TPSA) is 0 Å². The Bertz CT molecular complexity index is 422. The molecule has 3 saturated carbocycles. The molecule has 0 radical (unpaired) electrons. The van der Waals surface area contributed by atoms with Gasteiger partial charge in [-0.25, -0.2) is 0 Å². The van der Waals surface area contributed by atoms with Crippen molar-refractivity contribution in [1.29, 1.82) is 0 Å². The fourth-order valence-electron chi connectivity index (χ4n) is 4.84. The lowest BCUT2D eigenvalue weighted by atomic mass is 9.73. The standard InChI is InChI=1S/C16H18Cl/c17-12-6-4-10(5-7-12)15-8-11-9-16(15)14-3-1-2-13(11)14/h4-7,11,13-14,16H,1-3,8-9H2/q+1/t11-,13+,14+,16+/m1/s1. The van der Waals surface area contributed by atoms with Crippen LogP contribution in [0, 0.1) is 29.6 Å².